The quantitative estimate of drug-likeness (QED) is 0.817. The molecule has 6 heteroatoms. The molecule has 0 radical (unpaired) electrons. The Bertz CT molecular complexity index is 904. The van der Waals surface area contributed by atoms with Crippen molar-refractivity contribution in [2.75, 3.05) is 23.8 Å². The molecule has 2 aromatic rings. The summed E-state index contributed by atoms with van der Waals surface area (Å²) in [5.41, 5.74) is 2.61. The maximum Gasteiger partial charge on any atom is 0.227 e. The molecule has 1 fully saturated rings. The molecular formula is C23H26N2O4. The number of ether oxygens (including phenoxy) is 2. The molecule has 0 saturated heterocycles. The maximum atomic E-state index is 12.7. The van der Waals surface area contributed by atoms with E-state index in [-0.39, 0.29) is 23.7 Å². The predicted molar refractivity (Wildman–Crippen MR) is 111 cm³/mol. The van der Waals surface area contributed by atoms with Crippen LogP contribution >= 0.6 is 0 Å². The van der Waals surface area contributed by atoms with Crippen LogP contribution < -0.4 is 20.1 Å². The molecular weight excluding hydrogens is 368 g/mol. The van der Waals surface area contributed by atoms with Gasteiger partial charge in [0.1, 0.15) is 13.2 Å². The first-order valence-corrected chi connectivity index (χ1v) is 10.2. The summed E-state index contributed by atoms with van der Waals surface area (Å²) in [4.78, 5) is 25.3. The van der Waals surface area contributed by atoms with Gasteiger partial charge in [-0.15, -0.1) is 0 Å². The largest absolute Gasteiger partial charge is 0.486 e. The number of hydrogen-bond acceptors (Lipinski definition) is 4. The number of fused-ring (bicyclic) bond motifs is 1. The number of nitrogens with one attached hydrogen (secondary N) is 2. The van der Waals surface area contributed by atoms with Crippen molar-refractivity contribution in [1.29, 1.82) is 0 Å². The standard InChI is InChI=1S/C23H26N2O4/c1-15-4-2-3-5-19(15)25-23(27)17-8-6-16(7-9-17)22(26)24-18-10-11-20-21(14-18)29-13-12-28-20/h2-5,10-11,14,16-17H,6-9,12-13H2,1H3,(H,24,26)(H,25,27). The van der Waals surface area contributed by atoms with Crippen molar-refractivity contribution in [3.8, 4) is 11.5 Å². The first kappa shape index (κ1) is 19.3. The molecule has 2 aliphatic rings. The minimum atomic E-state index is -0.0780. The number of carbonyl (C=O) groups excluding carboxylic acids is 2. The van der Waals surface area contributed by atoms with Gasteiger partial charge in [-0.3, -0.25) is 9.59 Å². The summed E-state index contributed by atoms with van der Waals surface area (Å²) in [5.74, 6) is 1.28. The number of anilines is 2. The molecule has 1 aliphatic heterocycles. The fourth-order valence-electron chi connectivity index (χ4n) is 3.93. The fraction of sp³-hybridized carbons (Fsp3) is 0.391. The van der Waals surface area contributed by atoms with Gasteiger partial charge in [0.05, 0.1) is 0 Å². The molecule has 0 atom stereocenters. The molecule has 1 aliphatic carbocycles. The highest BCUT2D eigenvalue weighted by Crippen LogP contribution is 2.34. The van der Waals surface area contributed by atoms with Crippen LogP contribution in [-0.2, 0) is 9.59 Å². The van der Waals surface area contributed by atoms with Crippen LogP contribution in [-0.4, -0.2) is 25.0 Å². The van der Waals surface area contributed by atoms with E-state index in [0.29, 0.717) is 43.2 Å². The van der Waals surface area contributed by atoms with Gasteiger partial charge in [0.25, 0.3) is 0 Å². The molecule has 0 aromatic heterocycles. The van der Waals surface area contributed by atoms with Crippen LogP contribution in [0.5, 0.6) is 11.5 Å². The SMILES string of the molecule is Cc1ccccc1NC(=O)C1CCC(C(=O)Nc2ccc3c(c2)OCCO3)CC1. The van der Waals surface area contributed by atoms with Gasteiger partial charge in [-0.1, -0.05) is 18.2 Å². The molecule has 6 nitrogen and oxygen atoms in total. The summed E-state index contributed by atoms with van der Waals surface area (Å²) < 4.78 is 11.1. The van der Waals surface area contributed by atoms with Crippen LogP contribution in [0.2, 0.25) is 0 Å². The highest BCUT2D eigenvalue weighted by Gasteiger charge is 2.30. The molecule has 4 rings (SSSR count). The number of para-hydroxylation sites is 1. The Kier molecular flexibility index (Phi) is 5.69. The summed E-state index contributed by atoms with van der Waals surface area (Å²) in [7, 11) is 0. The van der Waals surface area contributed by atoms with E-state index in [1.807, 2.05) is 43.3 Å². The van der Waals surface area contributed by atoms with E-state index in [9.17, 15) is 9.59 Å². The maximum absolute atomic E-state index is 12.7. The highest BCUT2D eigenvalue weighted by atomic mass is 16.6. The zero-order valence-electron chi connectivity index (χ0n) is 16.6. The Labute approximate surface area is 170 Å². The van der Waals surface area contributed by atoms with Crippen LogP contribution in [0.3, 0.4) is 0 Å². The lowest BCUT2D eigenvalue weighted by atomic mass is 9.81. The lowest BCUT2D eigenvalue weighted by Crippen LogP contribution is -2.32. The summed E-state index contributed by atoms with van der Waals surface area (Å²) in [6, 6.07) is 13.2. The number of rotatable bonds is 4. The number of hydrogen-bond donors (Lipinski definition) is 2. The molecule has 0 bridgehead atoms. The van der Waals surface area contributed by atoms with E-state index >= 15 is 0 Å². The molecule has 29 heavy (non-hydrogen) atoms. The third-order valence-electron chi connectivity index (χ3n) is 5.68. The third kappa shape index (κ3) is 4.53. The van der Waals surface area contributed by atoms with Crippen molar-refractivity contribution in [3.63, 3.8) is 0 Å². The Morgan fingerprint density at radius 2 is 1.45 bits per heavy atom. The van der Waals surface area contributed by atoms with Gasteiger partial charge in [0.2, 0.25) is 11.8 Å². The first-order chi connectivity index (χ1) is 14.1. The lowest BCUT2D eigenvalue weighted by Gasteiger charge is -2.27. The monoisotopic (exact) mass is 394 g/mol. The highest BCUT2D eigenvalue weighted by molar-refractivity contribution is 5.95. The van der Waals surface area contributed by atoms with Crippen LogP contribution in [0, 0.1) is 18.8 Å². The van der Waals surface area contributed by atoms with Crippen LogP contribution in [0.4, 0.5) is 11.4 Å². The second kappa shape index (κ2) is 8.55. The van der Waals surface area contributed by atoms with Gasteiger partial charge in [0, 0.05) is 29.3 Å². The number of aryl methyl sites for hydroxylation is 1. The summed E-state index contributed by atoms with van der Waals surface area (Å²) in [6.45, 7) is 3.03. The van der Waals surface area contributed by atoms with E-state index in [0.717, 1.165) is 24.1 Å². The first-order valence-electron chi connectivity index (χ1n) is 10.2. The fourth-order valence-corrected chi connectivity index (χ4v) is 3.93. The number of carbonyl (C=O) groups is 2. The van der Waals surface area contributed by atoms with E-state index in [4.69, 9.17) is 9.47 Å². The Hall–Kier alpha value is -3.02. The second-order valence-electron chi connectivity index (χ2n) is 7.70. The van der Waals surface area contributed by atoms with E-state index in [2.05, 4.69) is 10.6 Å². The normalized spacial score (nSPS) is 20.6. The topological polar surface area (TPSA) is 76.7 Å². The molecule has 1 saturated carbocycles. The molecule has 0 unspecified atom stereocenters. The lowest BCUT2D eigenvalue weighted by molar-refractivity contribution is -0.125. The molecule has 0 spiro atoms. The number of benzene rings is 2. The van der Waals surface area contributed by atoms with Crippen molar-refractivity contribution in [3.05, 3.63) is 48.0 Å². The predicted octanol–water partition coefficient (Wildman–Crippen LogP) is 4.15. The summed E-state index contributed by atoms with van der Waals surface area (Å²) >= 11 is 0. The Morgan fingerprint density at radius 3 is 2.14 bits per heavy atom. The van der Waals surface area contributed by atoms with E-state index < -0.39 is 0 Å². The minimum absolute atomic E-state index is 0.000519. The summed E-state index contributed by atoms with van der Waals surface area (Å²) in [5, 5.41) is 6.01. The zero-order chi connectivity index (χ0) is 20.2. The van der Waals surface area contributed by atoms with Gasteiger partial charge < -0.3 is 20.1 Å². The zero-order valence-corrected chi connectivity index (χ0v) is 16.6. The van der Waals surface area contributed by atoms with Crippen molar-refractivity contribution < 1.29 is 19.1 Å². The average Bonchev–Trinajstić information content (AvgIpc) is 2.75. The molecule has 2 aromatic carbocycles. The van der Waals surface area contributed by atoms with E-state index in [1.54, 1.807) is 6.07 Å². The van der Waals surface area contributed by atoms with Gasteiger partial charge in [-0.05, 0) is 56.4 Å². The second-order valence-corrected chi connectivity index (χ2v) is 7.70. The molecule has 2 N–H and O–H groups in total. The Balaban J connectivity index is 1.29. The van der Waals surface area contributed by atoms with Gasteiger partial charge >= 0.3 is 0 Å². The van der Waals surface area contributed by atoms with Crippen molar-refractivity contribution >= 4 is 23.2 Å². The minimum Gasteiger partial charge on any atom is -0.486 e. The van der Waals surface area contributed by atoms with Crippen LogP contribution in [0.1, 0.15) is 31.2 Å². The van der Waals surface area contributed by atoms with Crippen molar-refractivity contribution in [1.82, 2.24) is 0 Å². The van der Waals surface area contributed by atoms with Crippen molar-refractivity contribution in [2.24, 2.45) is 11.8 Å². The summed E-state index contributed by atoms with van der Waals surface area (Å²) in [6.07, 6.45) is 2.86. The van der Waals surface area contributed by atoms with Gasteiger partial charge in [-0.2, -0.15) is 0 Å². The van der Waals surface area contributed by atoms with Gasteiger partial charge in [0.15, 0.2) is 11.5 Å². The van der Waals surface area contributed by atoms with Crippen LogP contribution in [0.15, 0.2) is 42.5 Å². The third-order valence-corrected chi connectivity index (χ3v) is 5.68. The van der Waals surface area contributed by atoms with Gasteiger partial charge in [-0.25, -0.2) is 0 Å². The average molecular weight is 394 g/mol. The number of amides is 2. The van der Waals surface area contributed by atoms with Crippen molar-refractivity contribution in [2.45, 2.75) is 32.6 Å². The molecule has 2 amide bonds. The van der Waals surface area contributed by atoms with E-state index in [1.165, 1.54) is 0 Å². The molecule has 152 valence electrons. The van der Waals surface area contributed by atoms with Crippen LogP contribution in [0.25, 0.3) is 0 Å². The smallest absolute Gasteiger partial charge is 0.227 e. The Morgan fingerprint density at radius 1 is 0.828 bits per heavy atom. The molecule has 1 heterocycles.